The Morgan fingerprint density at radius 2 is 1.83 bits per heavy atom. The molecular formula is C18H14Cl2N6O3. The molecular weight excluding hydrogens is 419 g/mol. The van der Waals surface area contributed by atoms with Crippen LogP contribution in [0.5, 0.6) is 0 Å². The number of nitro groups is 1. The molecule has 29 heavy (non-hydrogen) atoms. The van der Waals surface area contributed by atoms with Crippen molar-refractivity contribution in [2.45, 2.75) is 6.92 Å². The van der Waals surface area contributed by atoms with Gasteiger partial charge in [-0.15, -0.1) is 0 Å². The van der Waals surface area contributed by atoms with Gasteiger partial charge in [0.1, 0.15) is 6.33 Å². The van der Waals surface area contributed by atoms with Gasteiger partial charge in [-0.1, -0.05) is 41.4 Å². The van der Waals surface area contributed by atoms with Gasteiger partial charge >= 0.3 is 5.69 Å². The second kappa shape index (κ2) is 8.72. The highest BCUT2D eigenvalue weighted by Gasteiger charge is 2.24. The number of nitrogens with zero attached hydrogens (tertiary/aromatic N) is 3. The molecule has 9 nitrogen and oxygen atoms in total. The average molecular weight is 433 g/mol. The number of aromatic nitrogens is 2. The number of hydrogen-bond donors (Lipinski definition) is 3. The van der Waals surface area contributed by atoms with Crippen molar-refractivity contribution in [1.82, 2.24) is 15.4 Å². The van der Waals surface area contributed by atoms with E-state index in [0.29, 0.717) is 16.3 Å². The molecule has 0 aliphatic heterocycles. The van der Waals surface area contributed by atoms with Gasteiger partial charge in [0.15, 0.2) is 0 Å². The third-order valence-electron chi connectivity index (χ3n) is 3.87. The summed E-state index contributed by atoms with van der Waals surface area (Å²) in [4.78, 5) is 31.1. The first-order valence-corrected chi connectivity index (χ1v) is 8.96. The number of carbonyl (C=O) groups is 1. The van der Waals surface area contributed by atoms with Crippen molar-refractivity contribution in [3.63, 3.8) is 0 Å². The second-order valence-corrected chi connectivity index (χ2v) is 6.66. The second-order valence-electron chi connectivity index (χ2n) is 5.82. The van der Waals surface area contributed by atoms with E-state index in [9.17, 15) is 14.9 Å². The average Bonchev–Trinajstić information content (AvgIpc) is 2.68. The molecule has 0 aliphatic rings. The summed E-state index contributed by atoms with van der Waals surface area (Å²) in [5.41, 5.74) is 5.96. The Morgan fingerprint density at radius 3 is 2.52 bits per heavy atom. The van der Waals surface area contributed by atoms with Crippen molar-refractivity contribution in [2.75, 3.05) is 10.7 Å². The van der Waals surface area contributed by atoms with E-state index in [4.69, 9.17) is 23.2 Å². The maximum absolute atomic E-state index is 12.3. The lowest BCUT2D eigenvalue weighted by atomic mass is 10.1. The first kappa shape index (κ1) is 20.3. The lowest BCUT2D eigenvalue weighted by Crippen LogP contribution is -2.30. The molecule has 0 radical (unpaired) electrons. The molecule has 0 bridgehead atoms. The zero-order valence-corrected chi connectivity index (χ0v) is 16.5. The Bertz CT molecular complexity index is 1090. The van der Waals surface area contributed by atoms with Gasteiger partial charge in [0.2, 0.25) is 11.6 Å². The molecule has 11 heteroatoms. The summed E-state index contributed by atoms with van der Waals surface area (Å²) >= 11 is 12.0. The van der Waals surface area contributed by atoms with E-state index in [-0.39, 0.29) is 16.7 Å². The number of aryl methyl sites for hydroxylation is 1. The maximum atomic E-state index is 12.3. The predicted molar refractivity (Wildman–Crippen MR) is 111 cm³/mol. The number of benzene rings is 2. The van der Waals surface area contributed by atoms with Crippen LogP contribution in [0.15, 0.2) is 48.8 Å². The Kier molecular flexibility index (Phi) is 6.10. The monoisotopic (exact) mass is 432 g/mol. The predicted octanol–water partition coefficient (Wildman–Crippen LogP) is 4.50. The van der Waals surface area contributed by atoms with E-state index >= 15 is 0 Å². The van der Waals surface area contributed by atoms with E-state index in [2.05, 4.69) is 26.1 Å². The number of carbonyl (C=O) groups excluding carboxylic acids is 1. The summed E-state index contributed by atoms with van der Waals surface area (Å²) in [7, 11) is 0. The number of amides is 1. The minimum absolute atomic E-state index is 0.109. The molecule has 3 aromatic rings. The summed E-state index contributed by atoms with van der Waals surface area (Å²) in [6.07, 6.45) is 1.11. The van der Waals surface area contributed by atoms with Crippen LogP contribution in [0.1, 0.15) is 15.9 Å². The lowest BCUT2D eigenvalue weighted by Gasteiger charge is -2.12. The number of hydrogen-bond acceptors (Lipinski definition) is 7. The minimum atomic E-state index is -0.672. The van der Waals surface area contributed by atoms with Gasteiger partial charge in [-0.2, -0.15) is 0 Å². The zero-order valence-electron chi connectivity index (χ0n) is 14.9. The largest absolute Gasteiger partial charge is 0.355 e. The Hall–Kier alpha value is -3.43. The normalized spacial score (nSPS) is 10.3. The van der Waals surface area contributed by atoms with Gasteiger partial charge in [-0.3, -0.25) is 25.8 Å². The molecule has 1 heterocycles. The van der Waals surface area contributed by atoms with Gasteiger partial charge in [-0.25, -0.2) is 9.97 Å². The molecule has 0 aliphatic carbocycles. The van der Waals surface area contributed by atoms with Crippen molar-refractivity contribution < 1.29 is 9.72 Å². The Balaban J connectivity index is 1.86. The summed E-state index contributed by atoms with van der Waals surface area (Å²) in [5.74, 6) is -0.771. The third-order valence-corrected chi connectivity index (χ3v) is 4.42. The van der Waals surface area contributed by atoms with E-state index in [1.807, 2.05) is 0 Å². The van der Waals surface area contributed by atoms with Crippen molar-refractivity contribution in [2.24, 2.45) is 0 Å². The van der Waals surface area contributed by atoms with Crippen LogP contribution in [-0.4, -0.2) is 20.8 Å². The van der Waals surface area contributed by atoms with E-state index in [0.717, 1.165) is 11.9 Å². The molecule has 3 N–H and O–H groups in total. The van der Waals surface area contributed by atoms with E-state index < -0.39 is 16.5 Å². The van der Waals surface area contributed by atoms with Crippen LogP contribution in [0.4, 0.5) is 23.0 Å². The first-order valence-electron chi connectivity index (χ1n) is 8.20. The summed E-state index contributed by atoms with van der Waals surface area (Å²) in [6, 6.07) is 11.5. The van der Waals surface area contributed by atoms with Crippen LogP contribution in [0, 0.1) is 17.0 Å². The standard InChI is InChI=1S/C18H14Cl2N6O3/c1-10-4-2-3-5-12(10)18(27)25-24-17-15(26(28)29)16(21-9-22-17)23-14-7-6-11(19)8-13(14)20/h2-9H,1H3,(H,25,27)(H2,21,22,23,24). The molecule has 0 saturated carbocycles. The van der Waals surface area contributed by atoms with Crippen LogP contribution >= 0.6 is 23.2 Å². The quantitative estimate of drug-likeness (QED) is 0.386. The Labute approximate surface area is 175 Å². The lowest BCUT2D eigenvalue weighted by molar-refractivity contribution is -0.383. The Morgan fingerprint density at radius 1 is 1.10 bits per heavy atom. The van der Waals surface area contributed by atoms with Crippen LogP contribution in [0.2, 0.25) is 10.0 Å². The highest BCUT2D eigenvalue weighted by molar-refractivity contribution is 6.36. The molecule has 2 aromatic carbocycles. The fourth-order valence-corrected chi connectivity index (χ4v) is 2.92. The van der Waals surface area contributed by atoms with Gasteiger partial charge in [0.05, 0.1) is 15.6 Å². The highest BCUT2D eigenvalue weighted by Crippen LogP contribution is 2.34. The number of rotatable bonds is 6. The van der Waals surface area contributed by atoms with Gasteiger partial charge in [0, 0.05) is 10.6 Å². The number of hydrazine groups is 1. The fraction of sp³-hybridized carbons (Fsp3) is 0.0556. The van der Waals surface area contributed by atoms with Crippen LogP contribution < -0.4 is 16.2 Å². The molecule has 0 fully saturated rings. The van der Waals surface area contributed by atoms with Crippen molar-refractivity contribution in [3.05, 3.63) is 80.1 Å². The molecule has 0 spiro atoms. The molecule has 0 saturated heterocycles. The minimum Gasteiger partial charge on any atom is -0.333 e. The van der Waals surface area contributed by atoms with Crippen molar-refractivity contribution >= 4 is 52.1 Å². The molecule has 0 atom stereocenters. The molecule has 3 rings (SSSR count). The van der Waals surface area contributed by atoms with E-state index in [1.54, 1.807) is 43.3 Å². The maximum Gasteiger partial charge on any atom is 0.355 e. The topological polar surface area (TPSA) is 122 Å². The van der Waals surface area contributed by atoms with Crippen molar-refractivity contribution in [1.29, 1.82) is 0 Å². The molecule has 0 unspecified atom stereocenters. The van der Waals surface area contributed by atoms with Gasteiger partial charge in [-0.05, 0) is 36.8 Å². The van der Waals surface area contributed by atoms with Crippen molar-refractivity contribution in [3.8, 4) is 0 Å². The molecule has 1 aromatic heterocycles. The smallest absolute Gasteiger partial charge is 0.333 e. The van der Waals surface area contributed by atoms with Gasteiger partial charge in [0.25, 0.3) is 5.91 Å². The third kappa shape index (κ3) is 4.71. The van der Waals surface area contributed by atoms with Crippen LogP contribution in [-0.2, 0) is 0 Å². The van der Waals surface area contributed by atoms with E-state index in [1.165, 1.54) is 6.07 Å². The molecule has 1 amide bonds. The SMILES string of the molecule is Cc1ccccc1C(=O)NNc1ncnc(Nc2ccc(Cl)cc2Cl)c1[N+](=O)[O-]. The summed E-state index contributed by atoms with van der Waals surface area (Å²) < 4.78 is 0. The fourth-order valence-electron chi connectivity index (χ4n) is 2.46. The van der Waals surface area contributed by atoms with Gasteiger partial charge < -0.3 is 5.32 Å². The number of halogens is 2. The zero-order chi connectivity index (χ0) is 21.0. The number of nitrogens with one attached hydrogen (secondary N) is 3. The first-order chi connectivity index (χ1) is 13.9. The summed E-state index contributed by atoms with van der Waals surface area (Å²) in [5, 5.41) is 15.1. The van der Waals surface area contributed by atoms with Crippen LogP contribution in [0.25, 0.3) is 0 Å². The molecule has 148 valence electrons. The van der Waals surface area contributed by atoms with Crippen LogP contribution in [0.3, 0.4) is 0 Å². The highest BCUT2D eigenvalue weighted by atomic mass is 35.5. The number of anilines is 3. The summed E-state index contributed by atoms with van der Waals surface area (Å²) in [6.45, 7) is 1.78.